The first-order valence-electron chi connectivity index (χ1n) is 12.4. The highest BCUT2D eigenvalue weighted by Crippen LogP contribution is 2.61. The van der Waals surface area contributed by atoms with Crippen LogP contribution in [0.4, 0.5) is 0 Å². The van der Waals surface area contributed by atoms with E-state index in [0.717, 1.165) is 40.3 Å². The van der Waals surface area contributed by atoms with E-state index in [1.165, 1.54) is 38.5 Å². The van der Waals surface area contributed by atoms with Crippen LogP contribution in [0.15, 0.2) is 65.2 Å². The van der Waals surface area contributed by atoms with Gasteiger partial charge < -0.3 is 4.42 Å². The van der Waals surface area contributed by atoms with Gasteiger partial charge in [0.25, 0.3) is 5.89 Å². The lowest BCUT2D eigenvalue weighted by molar-refractivity contribution is -0.00714. The number of nitrogens with zero attached hydrogens (tertiary/aromatic N) is 4. The topological polar surface area (TPSA) is 56.7 Å². The van der Waals surface area contributed by atoms with Gasteiger partial charge in [-0.05, 0) is 86.1 Å². The molecule has 0 aliphatic heterocycles. The second kappa shape index (κ2) is 7.81. The van der Waals surface area contributed by atoms with E-state index in [9.17, 15) is 0 Å². The molecule has 4 fully saturated rings. The summed E-state index contributed by atoms with van der Waals surface area (Å²) in [6.07, 6.45) is 10.6. The Bertz CT molecular complexity index is 1310. The first kappa shape index (κ1) is 20.5. The molecule has 5 nitrogen and oxygen atoms in total. The van der Waals surface area contributed by atoms with E-state index in [4.69, 9.17) is 21.1 Å². The normalized spacial score (nSPS) is 27.4. The van der Waals surface area contributed by atoms with Gasteiger partial charge in [-0.15, -0.1) is 10.2 Å². The molecule has 8 rings (SSSR count). The highest BCUT2D eigenvalue weighted by Gasteiger charge is 2.53. The van der Waals surface area contributed by atoms with Gasteiger partial charge in [-0.25, -0.2) is 4.68 Å². The van der Waals surface area contributed by atoms with Crippen LogP contribution < -0.4 is 0 Å². The molecule has 4 bridgehead atoms. The van der Waals surface area contributed by atoms with Crippen LogP contribution in [0.2, 0.25) is 5.02 Å². The van der Waals surface area contributed by atoms with Crippen LogP contribution in [0.3, 0.4) is 0 Å². The standard InChI is InChI=1S/C28H27ClN4O/c29-22-6-4-5-18(12-22)13-25-30-31-27(34-25)24-17-33(23-7-2-1-3-8-23)32-26(24)28-14-19-9-20(15-28)11-21(10-19)16-28/h1-8,12,17,19-21H,9-11,13-16H2. The number of benzene rings is 2. The molecule has 4 saturated carbocycles. The Morgan fingerprint density at radius 3 is 2.35 bits per heavy atom. The van der Waals surface area contributed by atoms with Crippen molar-refractivity contribution < 1.29 is 4.42 Å². The van der Waals surface area contributed by atoms with E-state index in [-0.39, 0.29) is 5.41 Å². The van der Waals surface area contributed by atoms with Gasteiger partial charge in [0, 0.05) is 16.6 Å². The lowest BCUT2D eigenvalue weighted by Crippen LogP contribution is -2.49. The molecule has 0 saturated heterocycles. The largest absolute Gasteiger partial charge is 0.420 e. The molecule has 4 aliphatic carbocycles. The maximum atomic E-state index is 6.25. The van der Waals surface area contributed by atoms with Crippen molar-refractivity contribution >= 4 is 11.6 Å². The lowest BCUT2D eigenvalue weighted by Gasteiger charge is -2.56. The second-order valence-electron chi connectivity index (χ2n) is 10.7. The van der Waals surface area contributed by atoms with Gasteiger partial charge in [0.15, 0.2) is 0 Å². The number of halogens is 1. The number of para-hydroxylation sites is 1. The molecule has 0 atom stereocenters. The van der Waals surface area contributed by atoms with Gasteiger partial charge in [0.1, 0.15) is 0 Å². The summed E-state index contributed by atoms with van der Waals surface area (Å²) in [5.74, 6) is 3.68. The quantitative estimate of drug-likeness (QED) is 0.328. The van der Waals surface area contributed by atoms with Gasteiger partial charge in [0.05, 0.1) is 23.4 Å². The molecule has 0 unspecified atom stereocenters. The van der Waals surface area contributed by atoms with Gasteiger partial charge in [-0.2, -0.15) is 5.10 Å². The molecule has 4 aliphatic rings. The van der Waals surface area contributed by atoms with Crippen LogP contribution in [0.1, 0.15) is 55.7 Å². The minimum absolute atomic E-state index is 0.131. The molecule has 34 heavy (non-hydrogen) atoms. The minimum atomic E-state index is 0.131. The van der Waals surface area contributed by atoms with Gasteiger partial charge >= 0.3 is 0 Å². The molecule has 2 aromatic carbocycles. The number of aromatic nitrogens is 4. The summed E-state index contributed by atoms with van der Waals surface area (Å²) in [6.45, 7) is 0. The number of hydrogen-bond donors (Lipinski definition) is 0. The van der Waals surface area contributed by atoms with Crippen molar-refractivity contribution in [3.8, 4) is 17.1 Å². The van der Waals surface area contributed by atoms with E-state index in [1.54, 1.807) is 0 Å². The maximum absolute atomic E-state index is 6.25. The average Bonchev–Trinajstić information content (AvgIpc) is 3.47. The van der Waals surface area contributed by atoms with Crippen molar-refractivity contribution in [2.75, 3.05) is 0 Å². The highest BCUT2D eigenvalue weighted by atomic mass is 35.5. The average molecular weight is 471 g/mol. The molecule has 4 aromatic rings. The predicted molar refractivity (Wildman–Crippen MR) is 131 cm³/mol. The Kier molecular flexibility index (Phi) is 4.70. The Hall–Kier alpha value is -2.92. The molecule has 2 aromatic heterocycles. The van der Waals surface area contributed by atoms with Crippen molar-refractivity contribution in [2.45, 2.75) is 50.4 Å². The zero-order valence-electron chi connectivity index (χ0n) is 19.0. The van der Waals surface area contributed by atoms with E-state index in [2.05, 4.69) is 40.7 Å². The van der Waals surface area contributed by atoms with Crippen LogP contribution in [0, 0.1) is 17.8 Å². The number of hydrogen-bond acceptors (Lipinski definition) is 4. The summed E-state index contributed by atoms with van der Waals surface area (Å²) in [4.78, 5) is 0. The Morgan fingerprint density at radius 1 is 0.912 bits per heavy atom. The maximum Gasteiger partial charge on any atom is 0.251 e. The molecule has 0 N–H and O–H groups in total. The molecule has 0 spiro atoms. The fourth-order valence-electron chi connectivity index (χ4n) is 7.29. The van der Waals surface area contributed by atoms with Crippen LogP contribution in [-0.4, -0.2) is 20.0 Å². The molecular weight excluding hydrogens is 444 g/mol. The first-order valence-corrected chi connectivity index (χ1v) is 12.7. The number of rotatable bonds is 5. The zero-order valence-corrected chi connectivity index (χ0v) is 19.8. The molecule has 172 valence electrons. The Morgan fingerprint density at radius 2 is 1.65 bits per heavy atom. The van der Waals surface area contributed by atoms with Crippen LogP contribution in [0.5, 0.6) is 0 Å². The summed E-state index contributed by atoms with van der Waals surface area (Å²) in [5.41, 5.74) is 4.40. The third-order valence-electron chi connectivity index (χ3n) is 8.22. The van der Waals surface area contributed by atoms with E-state index >= 15 is 0 Å². The Balaban J connectivity index is 1.30. The van der Waals surface area contributed by atoms with E-state index < -0.39 is 0 Å². The van der Waals surface area contributed by atoms with Crippen molar-refractivity contribution in [3.63, 3.8) is 0 Å². The van der Waals surface area contributed by atoms with E-state index in [0.29, 0.717) is 23.2 Å². The van der Waals surface area contributed by atoms with Crippen LogP contribution in [-0.2, 0) is 11.8 Å². The van der Waals surface area contributed by atoms with Gasteiger partial charge in [-0.3, -0.25) is 0 Å². The first-order chi connectivity index (χ1) is 16.6. The van der Waals surface area contributed by atoms with Gasteiger partial charge in [-0.1, -0.05) is 41.9 Å². The molecule has 0 amide bonds. The summed E-state index contributed by atoms with van der Waals surface area (Å²) in [5, 5.41) is 14.8. The Labute approximate surface area is 204 Å². The second-order valence-corrected chi connectivity index (χ2v) is 11.1. The smallest absolute Gasteiger partial charge is 0.251 e. The van der Waals surface area contributed by atoms with Crippen molar-refractivity contribution in [2.24, 2.45) is 17.8 Å². The summed E-state index contributed by atoms with van der Waals surface area (Å²) in [6, 6.07) is 18.1. The molecule has 2 heterocycles. The minimum Gasteiger partial charge on any atom is -0.420 e. The fraction of sp³-hybridized carbons (Fsp3) is 0.393. The summed E-state index contributed by atoms with van der Waals surface area (Å²) in [7, 11) is 0. The van der Waals surface area contributed by atoms with Crippen molar-refractivity contribution in [1.29, 1.82) is 0 Å². The summed E-state index contributed by atoms with van der Waals surface area (Å²) < 4.78 is 8.25. The zero-order chi connectivity index (χ0) is 22.7. The fourth-order valence-corrected chi connectivity index (χ4v) is 7.50. The molecule has 6 heteroatoms. The van der Waals surface area contributed by atoms with Crippen LogP contribution >= 0.6 is 11.6 Å². The lowest BCUT2D eigenvalue weighted by atomic mass is 9.48. The predicted octanol–water partition coefficient (Wildman–Crippen LogP) is 6.63. The summed E-state index contributed by atoms with van der Waals surface area (Å²) >= 11 is 6.17. The third kappa shape index (κ3) is 3.49. The van der Waals surface area contributed by atoms with E-state index in [1.807, 2.05) is 35.0 Å². The van der Waals surface area contributed by atoms with Crippen LogP contribution in [0.25, 0.3) is 17.1 Å². The third-order valence-corrected chi connectivity index (χ3v) is 8.45. The monoisotopic (exact) mass is 470 g/mol. The molecular formula is C28H27ClN4O. The SMILES string of the molecule is Clc1cccc(Cc2nnc(-c3cn(-c4ccccc4)nc3C34CC5CC(CC(C5)C3)C4)o2)c1. The molecule has 0 radical (unpaired) electrons. The van der Waals surface area contributed by atoms with Crippen molar-refractivity contribution in [3.05, 3.63) is 83.0 Å². The van der Waals surface area contributed by atoms with Crippen molar-refractivity contribution in [1.82, 2.24) is 20.0 Å². The highest BCUT2D eigenvalue weighted by molar-refractivity contribution is 6.30. The van der Waals surface area contributed by atoms with Gasteiger partial charge in [0.2, 0.25) is 5.89 Å².